The fourth-order valence-corrected chi connectivity index (χ4v) is 2.90. The Morgan fingerprint density at radius 1 is 1.28 bits per heavy atom. The van der Waals surface area contributed by atoms with Crippen molar-refractivity contribution in [3.63, 3.8) is 0 Å². The van der Waals surface area contributed by atoms with Crippen molar-refractivity contribution in [3.8, 4) is 0 Å². The van der Waals surface area contributed by atoms with Crippen molar-refractivity contribution < 1.29 is 4.79 Å². The van der Waals surface area contributed by atoms with E-state index < -0.39 is 0 Å². The topological polar surface area (TPSA) is 44.9 Å². The molecule has 1 heterocycles. The van der Waals surface area contributed by atoms with Gasteiger partial charge in [-0.3, -0.25) is 4.79 Å². The summed E-state index contributed by atoms with van der Waals surface area (Å²) >= 11 is 0. The largest absolute Gasteiger partial charge is 0.358 e. The van der Waals surface area contributed by atoms with E-state index in [-0.39, 0.29) is 5.91 Å². The number of nitrogens with one attached hydrogen (secondary N) is 2. The molecule has 0 unspecified atom stereocenters. The van der Waals surface area contributed by atoms with Gasteiger partial charge in [0, 0.05) is 22.6 Å². The number of benzene rings is 1. The summed E-state index contributed by atoms with van der Waals surface area (Å²) in [6.45, 7) is 1.96. The minimum absolute atomic E-state index is 0.0665. The summed E-state index contributed by atoms with van der Waals surface area (Å²) in [4.78, 5) is 15.6. The molecule has 0 aliphatic heterocycles. The summed E-state index contributed by atoms with van der Waals surface area (Å²) in [7, 11) is 0. The number of aromatic amines is 1. The van der Waals surface area contributed by atoms with E-state index in [2.05, 4.69) is 10.3 Å². The van der Waals surface area contributed by atoms with E-state index in [9.17, 15) is 4.79 Å². The van der Waals surface area contributed by atoms with Crippen LogP contribution in [0.25, 0.3) is 10.9 Å². The Morgan fingerprint density at radius 2 is 2.00 bits per heavy atom. The molecule has 0 saturated heterocycles. The SMILES string of the molecule is Cc1[nH]c2ccccc2c1C(=O)NC1CCCC1. The first-order valence-corrected chi connectivity index (χ1v) is 6.64. The molecule has 1 aliphatic carbocycles. The van der Waals surface area contributed by atoms with Crippen LogP contribution in [0.3, 0.4) is 0 Å². The molecular formula is C15H18N2O. The number of fused-ring (bicyclic) bond motifs is 1. The lowest BCUT2D eigenvalue weighted by Crippen LogP contribution is -2.32. The molecule has 3 heteroatoms. The summed E-state index contributed by atoms with van der Waals surface area (Å²) in [5, 5.41) is 4.17. The lowest BCUT2D eigenvalue weighted by Gasteiger charge is -2.11. The van der Waals surface area contributed by atoms with E-state index in [1.807, 2.05) is 31.2 Å². The molecule has 94 valence electrons. The lowest BCUT2D eigenvalue weighted by molar-refractivity contribution is 0.0939. The monoisotopic (exact) mass is 242 g/mol. The normalized spacial score (nSPS) is 16.3. The Hall–Kier alpha value is -1.77. The van der Waals surface area contributed by atoms with Crippen LogP contribution in [0.15, 0.2) is 24.3 Å². The van der Waals surface area contributed by atoms with Crippen LogP contribution in [0.5, 0.6) is 0 Å². The number of hydrogen-bond acceptors (Lipinski definition) is 1. The average Bonchev–Trinajstić information content (AvgIpc) is 2.94. The lowest BCUT2D eigenvalue weighted by atomic mass is 10.1. The van der Waals surface area contributed by atoms with Crippen LogP contribution in [0.2, 0.25) is 0 Å². The number of H-pyrrole nitrogens is 1. The zero-order valence-corrected chi connectivity index (χ0v) is 10.6. The van der Waals surface area contributed by atoms with Crippen molar-refractivity contribution in [2.24, 2.45) is 0 Å². The zero-order valence-electron chi connectivity index (χ0n) is 10.6. The Kier molecular flexibility index (Phi) is 2.82. The molecule has 1 aliphatic rings. The van der Waals surface area contributed by atoms with Gasteiger partial charge >= 0.3 is 0 Å². The van der Waals surface area contributed by atoms with Crippen LogP contribution in [-0.2, 0) is 0 Å². The van der Waals surface area contributed by atoms with Crippen LogP contribution in [0.4, 0.5) is 0 Å². The standard InChI is InChI=1S/C15H18N2O/c1-10-14(12-8-4-5-9-13(12)16-10)15(18)17-11-6-2-3-7-11/h4-5,8-9,11,16H,2-3,6-7H2,1H3,(H,17,18). The van der Waals surface area contributed by atoms with Crippen molar-refractivity contribution in [1.29, 1.82) is 0 Å². The summed E-state index contributed by atoms with van der Waals surface area (Å²) in [6.07, 6.45) is 4.70. The first-order valence-electron chi connectivity index (χ1n) is 6.64. The molecule has 18 heavy (non-hydrogen) atoms. The molecule has 2 aromatic rings. The highest BCUT2D eigenvalue weighted by atomic mass is 16.1. The first-order chi connectivity index (χ1) is 8.75. The van der Waals surface area contributed by atoms with E-state index in [1.165, 1.54) is 12.8 Å². The minimum Gasteiger partial charge on any atom is -0.358 e. The summed E-state index contributed by atoms with van der Waals surface area (Å²) in [5.74, 6) is 0.0665. The number of rotatable bonds is 2. The minimum atomic E-state index is 0.0665. The molecule has 0 bridgehead atoms. The highest BCUT2D eigenvalue weighted by Crippen LogP contribution is 2.23. The van der Waals surface area contributed by atoms with Crippen molar-refractivity contribution in [2.75, 3.05) is 0 Å². The molecule has 2 N–H and O–H groups in total. The molecule has 1 fully saturated rings. The van der Waals surface area contributed by atoms with Crippen LogP contribution in [0, 0.1) is 6.92 Å². The molecule has 1 aromatic carbocycles. The van der Waals surface area contributed by atoms with Crippen molar-refractivity contribution in [2.45, 2.75) is 38.6 Å². The smallest absolute Gasteiger partial charge is 0.253 e. The quantitative estimate of drug-likeness (QED) is 0.834. The van der Waals surface area contributed by atoms with Gasteiger partial charge in [0.2, 0.25) is 0 Å². The van der Waals surface area contributed by atoms with Gasteiger partial charge in [-0.25, -0.2) is 0 Å². The van der Waals surface area contributed by atoms with Gasteiger partial charge in [0.25, 0.3) is 5.91 Å². The van der Waals surface area contributed by atoms with Gasteiger partial charge in [-0.15, -0.1) is 0 Å². The third-order valence-corrected chi connectivity index (χ3v) is 3.81. The van der Waals surface area contributed by atoms with Crippen molar-refractivity contribution >= 4 is 16.8 Å². The van der Waals surface area contributed by atoms with Gasteiger partial charge in [0.1, 0.15) is 0 Å². The molecule has 0 atom stereocenters. The molecule has 1 amide bonds. The molecule has 0 spiro atoms. The van der Waals surface area contributed by atoms with Crippen molar-refractivity contribution in [3.05, 3.63) is 35.5 Å². The number of aromatic nitrogens is 1. The number of carbonyl (C=O) groups is 1. The summed E-state index contributed by atoms with van der Waals surface area (Å²) in [6, 6.07) is 8.33. The maximum atomic E-state index is 12.4. The van der Waals surface area contributed by atoms with Crippen LogP contribution < -0.4 is 5.32 Å². The molecule has 1 aromatic heterocycles. The van der Waals surface area contributed by atoms with E-state index in [1.54, 1.807) is 0 Å². The Bertz CT molecular complexity index is 579. The summed E-state index contributed by atoms with van der Waals surface area (Å²) in [5.41, 5.74) is 2.79. The molecule has 0 radical (unpaired) electrons. The fraction of sp³-hybridized carbons (Fsp3) is 0.400. The Labute approximate surface area is 107 Å². The van der Waals surface area contributed by atoms with Gasteiger partial charge < -0.3 is 10.3 Å². The second-order valence-electron chi connectivity index (χ2n) is 5.13. The second-order valence-corrected chi connectivity index (χ2v) is 5.13. The van der Waals surface area contributed by atoms with Crippen LogP contribution >= 0.6 is 0 Å². The number of carbonyl (C=O) groups excluding carboxylic acids is 1. The van der Waals surface area contributed by atoms with E-state index in [4.69, 9.17) is 0 Å². The van der Waals surface area contributed by atoms with E-state index >= 15 is 0 Å². The van der Waals surface area contributed by atoms with Gasteiger partial charge in [-0.2, -0.15) is 0 Å². The number of aryl methyl sites for hydroxylation is 1. The first kappa shape index (κ1) is 11.3. The molecule has 3 nitrogen and oxygen atoms in total. The second kappa shape index (κ2) is 4.48. The van der Waals surface area contributed by atoms with E-state index in [0.29, 0.717) is 6.04 Å². The van der Waals surface area contributed by atoms with Gasteiger partial charge in [-0.05, 0) is 25.8 Å². The number of hydrogen-bond donors (Lipinski definition) is 2. The average molecular weight is 242 g/mol. The highest BCUT2D eigenvalue weighted by molar-refractivity contribution is 6.08. The van der Waals surface area contributed by atoms with Gasteiger partial charge in [-0.1, -0.05) is 31.0 Å². The van der Waals surface area contributed by atoms with Gasteiger partial charge in [0.15, 0.2) is 0 Å². The Morgan fingerprint density at radius 3 is 2.78 bits per heavy atom. The zero-order chi connectivity index (χ0) is 12.5. The molecular weight excluding hydrogens is 224 g/mol. The molecule has 3 rings (SSSR count). The predicted molar refractivity (Wildman–Crippen MR) is 72.8 cm³/mol. The van der Waals surface area contributed by atoms with Crippen LogP contribution in [-0.4, -0.2) is 16.9 Å². The van der Waals surface area contributed by atoms with Gasteiger partial charge in [0.05, 0.1) is 5.56 Å². The maximum absolute atomic E-state index is 12.4. The van der Waals surface area contributed by atoms with E-state index in [0.717, 1.165) is 35.0 Å². The van der Waals surface area contributed by atoms with Crippen LogP contribution in [0.1, 0.15) is 41.7 Å². The number of para-hydroxylation sites is 1. The molecule has 1 saturated carbocycles. The van der Waals surface area contributed by atoms with Crippen molar-refractivity contribution in [1.82, 2.24) is 10.3 Å². The predicted octanol–water partition coefficient (Wildman–Crippen LogP) is 3.15. The number of amides is 1. The summed E-state index contributed by atoms with van der Waals surface area (Å²) < 4.78 is 0. The Balaban J connectivity index is 1.92. The third kappa shape index (κ3) is 1.90. The highest BCUT2D eigenvalue weighted by Gasteiger charge is 2.21. The maximum Gasteiger partial charge on any atom is 0.253 e. The fourth-order valence-electron chi connectivity index (χ4n) is 2.90. The third-order valence-electron chi connectivity index (χ3n) is 3.81.